The first kappa shape index (κ1) is 14.4. The molecule has 0 spiro atoms. The lowest BCUT2D eigenvalue weighted by Crippen LogP contribution is -2.05. The first-order chi connectivity index (χ1) is 9.41. The number of nitrogen functional groups attached to an aromatic ring is 1. The van der Waals surface area contributed by atoms with Crippen LogP contribution in [0.5, 0.6) is 0 Å². The molecular formula is C15H18N2O2S. The van der Waals surface area contributed by atoms with Gasteiger partial charge in [-0.05, 0) is 36.2 Å². The monoisotopic (exact) mass is 290 g/mol. The Morgan fingerprint density at radius 1 is 1.10 bits per heavy atom. The number of hydrogen-bond acceptors (Lipinski definition) is 4. The number of aryl methyl sites for hydroxylation is 1. The van der Waals surface area contributed by atoms with E-state index in [4.69, 9.17) is 5.73 Å². The van der Waals surface area contributed by atoms with Gasteiger partial charge < -0.3 is 11.1 Å². The summed E-state index contributed by atoms with van der Waals surface area (Å²) in [5.74, 6) is 0. The summed E-state index contributed by atoms with van der Waals surface area (Å²) in [6.45, 7) is 2.09. The molecule has 0 amide bonds. The molecule has 2 rings (SSSR count). The normalized spacial score (nSPS) is 11.3. The van der Waals surface area contributed by atoms with Gasteiger partial charge in [-0.25, -0.2) is 8.42 Å². The van der Waals surface area contributed by atoms with Crippen molar-refractivity contribution in [2.75, 3.05) is 17.3 Å². The van der Waals surface area contributed by atoms with E-state index >= 15 is 0 Å². The SMILES string of the molecule is CCc1ccc(Nc2cccc(S(C)(=O)=O)c2N)cc1. The van der Waals surface area contributed by atoms with Crippen LogP contribution in [0.25, 0.3) is 0 Å². The van der Waals surface area contributed by atoms with Crippen molar-refractivity contribution in [2.45, 2.75) is 18.2 Å². The third kappa shape index (κ3) is 3.11. The van der Waals surface area contributed by atoms with Gasteiger partial charge in [-0.3, -0.25) is 0 Å². The maximum Gasteiger partial charge on any atom is 0.177 e. The van der Waals surface area contributed by atoms with E-state index in [2.05, 4.69) is 12.2 Å². The van der Waals surface area contributed by atoms with Gasteiger partial charge in [0.1, 0.15) is 0 Å². The summed E-state index contributed by atoms with van der Waals surface area (Å²) in [6, 6.07) is 12.9. The van der Waals surface area contributed by atoms with Gasteiger partial charge in [0.2, 0.25) is 0 Å². The molecule has 3 N–H and O–H groups in total. The minimum atomic E-state index is -3.32. The van der Waals surface area contributed by atoms with Crippen molar-refractivity contribution in [1.82, 2.24) is 0 Å². The largest absolute Gasteiger partial charge is 0.396 e. The predicted octanol–water partition coefficient (Wildman–Crippen LogP) is 2.98. The molecule has 0 bridgehead atoms. The Morgan fingerprint density at radius 3 is 2.30 bits per heavy atom. The highest BCUT2D eigenvalue weighted by Crippen LogP contribution is 2.29. The summed E-state index contributed by atoms with van der Waals surface area (Å²) in [6.07, 6.45) is 2.13. The Hall–Kier alpha value is -2.01. The lowest BCUT2D eigenvalue weighted by atomic mass is 10.1. The van der Waals surface area contributed by atoms with Crippen LogP contribution in [0.2, 0.25) is 0 Å². The summed E-state index contributed by atoms with van der Waals surface area (Å²) < 4.78 is 23.3. The summed E-state index contributed by atoms with van der Waals surface area (Å²) in [5, 5.41) is 3.15. The van der Waals surface area contributed by atoms with E-state index in [9.17, 15) is 8.42 Å². The molecule has 0 aliphatic rings. The Balaban J connectivity index is 2.34. The molecule has 2 aromatic rings. The third-order valence-corrected chi connectivity index (χ3v) is 4.26. The van der Waals surface area contributed by atoms with Gasteiger partial charge in [-0.15, -0.1) is 0 Å². The summed E-state index contributed by atoms with van der Waals surface area (Å²) in [5.41, 5.74) is 8.89. The van der Waals surface area contributed by atoms with Crippen LogP contribution in [0.4, 0.5) is 17.1 Å². The van der Waals surface area contributed by atoms with Crippen molar-refractivity contribution in [3.63, 3.8) is 0 Å². The highest BCUT2D eigenvalue weighted by Gasteiger charge is 2.14. The van der Waals surface area contributed by atoms with Crippen LogP contribution in [0, 0.1) is 0 Å². The summed E-state index contributed by atoms with van der Waals surface area (Å²) in [4.78, 5) is 0.146. The topological polar surface area (TPSA) is 72.2 Å². The zero-order valence-corrected chi connectivity index (χ0v) is 12.4. The standard InChI is InChI=1S/C15H18N2O2S/c1-3-11-7-9-12(10-8-11)17-13-5-4-6-14(15(13)16)20(2,18)19/h4-10,17H,3,16H2,1-2H3. The molecule has 0 fully saturated rings. The Labute approximate surface area is 119 Å². The molecular weight excluding hydrogens is 272 g/mol. The molecule has 0 atom stereocenters. The number of sulfone groups is 1. The predicted molar refractivity (Wildman–Crippen MR) is 83.1 cm³/mol. The fourth-order valence-corrected chi connectivity index (χ4v) is 2.79. The highest BCUT2D eigenvalue weighted by molar-refractivity contribution is 7.90. The van der Waals surface area contributed by atoms with Crippen molar-refractivity contribution in [2.24, 2.45) is 0 Å². The molecule has 106 valence electrons. The third-order valence-electron chi connectivity index (χ3n) is 3.11. The molecule has 5 heteroatoms. The zero-order valence-electron chi connectivity index (χ0n) is 11.6. The first-order valence-corrected chi connectivity index (χ1v) is 8.25. The molecule has 0 aromatic heterocycles. The van der Waals surface area contributed by atoms with Gasteiger partial charge in [0.05, 0.1) is 16.3 Å². The number of hydrogen-bond donors (Lipinski definition) is 2. The molecule has 2 aromatic carbocycles. The zero-order chi connectivity index (χ0) is 14.8. The van der Waals surface area contributed by atoms with E-state index in [-0.39, 0.29) is 10.6 Å². The number of para-hydroxylation sites is 1. The molecule has 0 saturated carbocycles. The van der Waals surface area contributed by atoms with E-state index in [0.29, 0.717) is 5.69 Å². The number of anilines is 3. The lowest BCUT2D eigenvalue weighted by molar-refractivity contribution is 0.602. The number of rotatable bonds is 4. The fraction of sp³-hybridized carbons (Fsp3) is 0.200. The van der Waals surface area contributed by atoms with Crippen LogP contribution < -0.4 is 11.1 Å². The summed E-state index contributed by atoms with van der Waals surface area (Å²) in [7, 11) is -3.32. The van der Waals surface area contributed by atoms with Gasteiger partial charge in [-0.1, -0.05) is 25.1 Å². The molecule has 0 aliphatic carbocycles. The molecule has 0 heterocycles. The van der Waals surface area contributed by atoms with E-state index in [0.717, 1.165) is 18.4 Å². The molecule has 4 nitrogen and oxygen atoms in total. The van der Waals surface area contributed by atoms with Crippen LogP contribution >= 0.6 is 0 Å². The number of benzene rings is 2. The van der Waals surface area contributed by atoms with E-state index < -0.39 is 9.84 Å². The van der Waals surface area contributed by atoms with Crippen LogP contribution in [-0.2, 0) is 16.3 Å². The van der Waals surface area contributed by atoms with Crippen molar-refractivity contribution in [3.05, 3.63) is 48.0 Å². The van der Waals surface area contributed by atoms with Crippen molar-refractivity contribution in [1.29, 1.82) is 0 Å². The van der Waals surface area contributed by atoms with Crippen LogP contribution in [0.3, 0.4) is 0 Å². The maximum atomic E-state index is 11.6. The van der Waals surface area contributed by atoms with Gasteiger partial charge >= 0.3 is 0 Å². The van der Waals surface area contributed by atoms with Gasteiger partial charge in [0.15, 0.2) is 9.84 Å². The van der Waals surface area contributed by atoms with Crippen molar-refractivity contribution >= 4 is 26.9 Å². The fourth-order valence-electron chi connectivity index (χ4n) is 1.96. The number of nitrogens with two attached hydrogens (primary N) is 1. The Kier molecular flexibility index (Phi) is 3.99. The van der Waals surface area contributed by atoms with E-state index in [1.807, 2.05) is 24.3 Å². The van der Waals surface area contributed by atoms with Crippen LogP contribution in [-0.4, -0.2) is 14.7 Å². The maximum absolute atomic E-state index is 11.6. The quantitative estimate of drug-likeness (QED) is 0.849. The lowest BCUT2D eigenvalue weighted by Gasteiger charge is -2.12. The second kappa shape index (κ2) is 5.54. The van der Waals surface area contributed by atoms with Gasteiger partial charge in [0, 0.05) is 11.9 Å². The Bertz CT molecular complexity index is 707. The first-order valence-electron chi connectivity index (χ1n) is 6.36. The average Bonchev–Trinajstić information content (AvgIpc) is 2.40. The van der Waals surface area contributed by atoms with Gasteiger partial charge in [0.25, 0.3) is 0 Å². The smallest absolute Gasteiger partial charge is 0.177 e. The van der Waals surface area contributed by atoms with Gasteiger partial charge in [-0.2, -0.15) is 0 Å². The second-order valence-electron chi connectivity index (χ2n) is 4.67. The number of nitrogens with one attached hydrogen (secondary N) is 1. The molecule has 0 radical (unpaired) electrons. The van der Waals surface area contributed by atoms with E-state index in [1.165, 1.54) is 11.6 Å². The minimum absolute atomic E-state index is 0.146. The summed E-state index contributed by atoms with van der Waals surface area (Å²) >= 11 is 0. The average molecular weight is 290 g/mol. The van der Waals surface area contributed by atoms with Crippen molar-refractivity contribution < 1.29 is 8.42 Å². The molecule has 0 aliphatic heterocycles. The van der Waals surface area contributed by atoms with Crippen molar-refractivity contribution in [3.8, 4) is 0 Å². The van der Waals surface area contributed by atoms with Crippen LogP contribution in [0.15, 0.2) is 47.4 Å². The molecule has 0 unspecified atom stereocenters. The Morgan fingerprint density at radius 2 is 1.75 bits per heavy atom. The minimum Gasteiger partial charge on any atom is -0.396 e. The highest BCUT2D eigenvalue weighted by atomic mass is 32.2. The molecule has 20 heavy (non-hydrogen) atoms. The van der Waals surface area contributed by atoms with Crippen LogP contribution in [0.1, 0.15) is 12.5 Å². The second-order valence-corrected chi connectivity index (χ2v) is 6.65. The molecule has 0 saturated heterocycles. The van der Waals surface area contributed by atoms with E-state index in [1.54, 1.807) is 12.1 Å².